The minimum absolute atomic E-state index is 1.06. The number of benzene rings is 4. The first-order chi connectivity index (χ1) is 15.2. The van der Waals surface area contributed by atoms with Gasteiger partial charge in [0.15, 0.2) is 0 Å². The normalized spacial score (nSPS) is 14.2. The van der Waals surface area contributed by atoms with Crippen molar-refractivity contribution >= 4 is 54.5 Å². The van der Waals surface area contributed by atoms with Gasteiger partial charge in [-0.25, -0.2) is 0 Å². The number of aryl methyl sites for hydroxylation is 1. The van der Waals surface area contributed by atoms with E-state index in [4.69, 9.17) is 0 Å². The summed E-state index contributed by atoms with van der Waals surface area (Å²) in [6, 6.07) is 30.5. The van der Waals surface area contributed by atoms with E-state index >= 15 is 0 Å². The smallest absolute Gasteiger partial charge is 0.0548 e. The highest BCUT2D eigenvalue weighted by Gasteiger charge is 2.20. The summed E-state index contributed by atoms with van der Waals surface area (Å²) in [7, 11) is 0. The number of fused-ring (bicyclic) bond motifs is 5. The molecule has 1 aromatic heterocycles. The molecule has 0 saturated heterocycles. The summed E-state index contributed by atoms with van der Waals surface area (Å²) in [5, 5.41) is 2.61. The highest BCUT2D eigenvalue weighted by molar-refractivity contribution is 7.25. The van der Waals surface area contributed by atoms with Crippen molar-refractivity contribution in [2.75, 3.05) is 4.90 Å². The van der Waals surface area contributed by atoms with Crippen LogP contribution in [0.1, 0.15) is 22.3 Å². The fourth-order valence-corrected chi connectivity index (χ4v) is 5.62. The van der Waals surface area contributed by atoms with Gasteiger partial charge in [0.2, 0.25) is 0 Å². The van der Waals surface area contributed by atoms with Crippen LogP contribution in [0.25, 0.3) is 31.8 Å². The molecule has 1 aliphatic heterocycles. The Bertz CT molecular complexity index is 1520. The molecule has 2 heterocycles. The molecule has 2 heteroatoms. The third-order valence-corrected chi connectivity index (χ3v) is 7.18. The summed E-state index contributed by atoms with van der Waals surface area (Å²) in [6.07, 6.45) is 4.39. The minimum atomic E-state index is 1.06. The van der Waals surface area contributed by atoms with Gasteiger partial charge >= 0.3 is 0 Å². The SMILES string of the molecule is C=C1c2ccccc2/C=C\N(c2cccc(C)c2)c2cc3sc4ccccc4c3cc21. The van der Waals surface area contributed by atoms with Crippen LogP contribution in [-0.4, -0.2) is 0 Å². The summed E-state index contributed by atoms with van der Waals surface area (Å²) in [4.78, 5) is 2.30. The molecule has 0 amide bonds. The van der Waals surface area contributed by atoms with Crippen molar-refractivity contribution < 1.29 is 0 Å². The molecule has 1 aliphatic rings. The second-order valence-electron chi connectivity index (χ2n) is 8.05. The van der Waals surface area contributed by atoms with Gasteiger partial charge in [-0.15, -0.1) is 11.3 Å². The van der Waals surface area contributed by atoms with E-state index in [0.29, 0.717) is 0 Å². The van der Waals surface area contributed by atoms with Gasteiger partial charge in [0.25, 0.3) is 0 Å². The van der Waals surface area contributed by atoms with E-state index in [1.54, 1.807) is 0 Å². The molecule has 148 valence electrons. The zero-order chi connectivity index (χ0) is 20.9. The number of nitrogens with zero attached hydrogens (tertiary/aromatic N) is 1. The molecule has 0 N–H and O–H groups in total. The number of rotatable bonds is 1. The standard InChI is InChI=1S/C29H21NS/c1-19-8-7-10-22(16-19)30-15-14-21-9-3-4-11-23(21)20(2)25-17-26-24-12-5-6-13-28(24)31-29(26)18-27(25)30/h3-18H,2H2,1H3/b15-14-. The topological polar surface area (TPSA) is 3.24 Å². The molecule has 0 aliphatic carbocycles. The maximum absolute atomic E-state index is 4.56. The highest BCUT2D eigenvalue weighted by Crippen LogP contribution is 2.44. The average molecular weight is 416 g/mol. The third kappa shape index (κ3) is 2.91. The molecule has 4 aromatic carbocycles. The Morgan fingerprint density at radius 1 is 0.742 bits per heavy atom. The van der Waals surface area contributed by atoms with Crippen molar-refractivity contribution in [1.82, 2.24) is 0 Å². The van der Waals surface area contributed by atoms with Crippen LogP contribution in [0, 0.1) is 6.92 Å². The molecule has 0 fully saturated rings. The summed E-state index contributed by atoms with van der Waals surface area (Å²) in [6.45, 7) is 6.70. The zero-order valence-electron chi connectivity index (χ0n) is 17.3. The molecule has 6 rings (SSSR count). The number of hydrogen-bond donors (Lipinski definition) is 0. The van der Waals surface area contributed by atoms with Gasteiger partial charge in [-0.1, -0.05) is 61.2 Å². The summed E-state index contributed by atoms with van der Waals surface area (Å²) in [5.41, 5.74) is 8.18. The number of anilines is 2. The molecule has 0 unspecified atom stereocenters. The summed E-state index contributed by atoms with van der Waals surface area (Å²) < 4.78 is 2.62. The molecule has 0 saturated carbocycles. The van der Waals surface area contributed by atoms with Crippen LogP contribution in [0.2, 0.25) is 0 Å². The van der Waals surface area contributed by atoms with Crippen molar-refractivity contribution in [1.29, 1.82) is 0 Å². The predicted molar refractivity (Wildman–Crippen MR) is 136 cm³/mol. The quantitative estimate of drug-likeness (QED) is 0.265. The monoisotopic (exact) mass is 415 g/mol. The van der Waals surface area contributed by atoms with Crippen LogP contribution < -0.4 is 4.90 Å². The van der Waals surface area contributed by atoms with Crippen molar-refractivity contribution in [2.24, 2.45) is 0 Å². The van der Waals surface area contributed by atoms with E-state index in [1.165, 1.54) is 48.1 Å². The Labute approximate surface area is 186 Å². The van der Waals surface area contributed by atoms with Crippen LogP contribution in [0.4, 0.5) is 11.4 Å². The van der Waals surface area contributed by atoms with Crippen molar-refractivity contribution in [3.8, 4) is 0 Å². The first kappa shape index (κ1) is 18.2. The van der Waals surface area contributed by atoms with Crippen molar-refractivity contribution in [3.05, 3.63) is 120 Å². The van der Waals surface area contributed by atoms with Gasteiger partial charge in [-0.3, -0.25) is 0 Å². The van der Waals surface area contributed by atoms with Gasteiger partial charge in [0.1, 0.15) is 0 Å². The molecule has 1 nitrogen and oxygen atoms in total. The molecular weight excluding hydrogens is 394 g/mol. The van der Waals surface area contributed by atoms with Crippen LogP contribution in [-0.2, 0) is 0 Å². The third-order valence-electron chi connectivity index (χ3n) is 6.05. The summed E-state index contributed by atoms with van der Waals surface area (Å²) >= 11 is 1.85. The Balaban J connectivity index is 1.70. The predicted octanol–water partition coefficient (Wildman–Crippen LogP) is 8.55. The Morgan fingerprint density at radius 2 is 1.58 bits per heavy atom. The summed E-state index contributed by atoms with van der Waals surface area (Å²) in [5.74, 6) is 0. The van der Waals surface area contributed by atoms with Gasteiger partial charge in [-0.2, -0.15) is 0 Å². The van der Waals surface area contributed by atoms with E-state index in [-0.39, 0.29) is 0 Å². The van der Waals surface area contributed by atoms with Crippen LogP contribution in [0.5, 0.6) is 0 Å². The lowest BCUT2D eigenvalue weighted by Gasteiger charge is -2.27. The molecule has 31 heavy (non-hydrogen) atoms. The Kier molecular flexibility index (Phi) is 4.09. The lowest BCUT2D eigenvalue weighted by atomic mass is 9.91. The van der Waals surface area contributed by atoms with Gasteiger partial charge < -0.3 is 4.90 Å². The zero-order valence-corrected chi connectivity index (χ0v) is 18.1. The first-order valence-corrected chi connectivity index (χ1v) is 11.3. The van der Waals surface area contributed by atoms with E-state index in [0.717, 1.165) is 11.3 Å². The molecule has 0 radical (unpaired) electrons. The molecule has 0 atom stereocenters. The van der Waals surface area contributed by atoms with Crippen LogP contribution in [0.15, 0.2) is 97.7 Å². The largest absolute Gasteiger partial charge is 0.316 e. The van der Waals surface area contributed by atoms with E-state index in [1.807, 2.05) is 11.3 Å². The van der Waals surface area contributed by atoms with E-state index < -0.39 is 0 Å². The van der Waals surface area contributed by atoms with Gasteiger partial charge in [0, 0.05) is 37.6 Å². The minimum Gasteiger partial charge on any atom is -0.316 e. The molecule has 0 spiro atoms. The molecule has 5 aromatic rings. The van der Waals surface area contributed by atoms with Gasteiger partial charge in [-0.05, 0) is 65.6 Å². The first-order valence-electron chi connectivity index (χ1n) is 10.5. The van der Waals surface area contributed by atoms with Gasteiger partial charge in [0.05, 0.1) is 5.69 Å². The Hall–Kier alpha value is -3.62. The van der Waals surface area contributed by atoms with Crippen LogP contribution in [0.3, 0.4) is 0 Å². The lowest BCUT2D eigenvalue weighted by molar-refractivity contribution is 1.27. The number of thiophene rings is 1. The second-order valence-corrected chi connectivity index (χ2v) is 9.14. The fourth-order valence-electron chi connectivity index (χ4n) is 4.50. The maximum Gasteiger partial charge on any atom is 0.0548 e. The average Bonchev–Trinajstić information content (AvgIpc) is 3.15. The van der Waals surface area contributed by atoms with Crippen LogP contribution >= 0.6 is 11.3 Å². The fraction of sp³-hybridized carbons (Fsp3) is 0.0345. The lowest BCUT2D eigenvalue weighted by Crippen LogP contribution is -2.12. The second kappa shape index (κ2) is 6.97. The van der Waals surface area contributed by atoms with E-state index in [9.17, 15) is 0 Å². The number of hydrogen-bond acceptors (Lipinski definition) is 2. The van der Waals surface area contributed by atoms with Crippen molar-refractivity contribution in [2.45, 2.75) is 6.92 Å². The highest BCUT2D eigenvalue weighted by atomic mass is 32.1. The van der Waals surface area contributed by atoms with Crippen molar-refractivity contribution in [3.63, 3.8) is 0 Å². The molecule has 0 bridgehead atoms. The Morgan fingerprint density at radius 3 is 2.48 bits per heavy atom. The van der Waals surface area contributed by atoms with E-state index in [2.05, 4.69) is 116 Å². The maximum atomic E-state index is 4.56. The molecular formula is C29H21NS.